The lowest BCUT2D eigenvalue weighted by Crippen LogP contribution is -2.50. The zero-order chi connectivity index (χ0) is 28.0. The lowest BCUT2D eigenvalue weighted by atomic mass is 10.1. The molecule has 0 radical (unpaired) electrons. The van der Waals surface area contributed by atoms with E-state index in [9.17, 15) is 18.0 Å². The van der Waals surface area contributed by atoms with Gasteiger partial charge in [0.1, 0.15) is 18.3 Å². The zero-order valence-electron chi connectivity index (χ0n) is 21.4. The molecule has 202 valence electrons. The van der Waals surface area contributed by atoms with Crippen molar-refractivity contribution in [1.82, 2.24) is 10.2 Å². The number of amides is 2. The summed E-state index contributed by atoms with van der Waals surface area (Å²) in [5.74, 6) is -0.644. The fourth-order valence-electron chi connectivity index (χ4n) is 3.80. The molecular formula is C27H29Cl2N3O5S. The van der Waals surface area contributed by atoms with Crippen LogP contribution in [-0.4, -0.2) is 51.9 Å². The van der Waals surface area contributed by atoms with E-state index < -0.39 is 34.4 Å². The minimum atomic E-state index is -4.20. The first-order valence-electron chi connectivity index (χ1n) is 11.7. The van der Waals surface area contributed by atoms with E-state index in [4.69, 9.17) is 27.9 Å². The Morgan fingerprint density at radius 3 is 2.29 bits per heavy atom. The van der Waals surface area contributed by atoms with Crippen LogP contribution in [0.15, 0.2) is 71.6 Å². The monoisotopic (exact) mass is 577 g/mol. The van der Waals surface area contributed by atoms with E-state index in [1.54, 1.807) is 43.3 Å². The summed E-state index contributed by atoms with van der Waals surface area (Å²) in [5, 5.41) is 3.19. The van der Waals surface area contributed by atoms with Crippen molar-refractivity contribution >= 4 is 50.7 Å². The molecule has 3 aromatic carbocycles. The first kappa shape index (κ1) is 29.3. The molecule has 1 unspecified atom stereocenters. The van der Waals surface area contributed by atoms with Gasteiger partial charge in [0.15, 0.2) is 0 Å². The minimum Gasteiger partial charge on any atom is -0.495 e. The number of nitrogens with one attached hydrogen (secondary N) is 1. The summed E-state index contributed by atoms with van der Waals surface area (Å²) in [6.45, 7) is 2.87. The fourth-order valence-corrected chi connectivity index (χ4v) is 5.67. The van der Waals surface area contributed by atoms with Crippen LogP contribution in [0.1, 0.15) is 18.1 Å². The van der Waals surface area contributed by atoms with Crippen LogP contribution in [0.25, 0.3) is 0 Å². The first-order chi connectivity index (χ1) is 18.0. The summed E-state index contributed by atoms with van der Waals surface area (Å²) in [6.07, 6.45) is 0. The van der Waals surface area contributed by atoms with Crippen molar-refractivity contribution in [3.63, 3.8) is 0 Å². The van der Waals surface area contributed by atoms with Crippen molar-refractivity contribution in [2.45, 2.75) is 31.3 Å². The van der Waals surface area contributed by atoms with Crippen LogP contribution in [-0.2, 0) is 26.2 Å². The maximum atomic E-state index is 13.8. The Labute approximate surface area is 233 Å². The van der Waals surface area contributed by atoms with E-state index >= 15 is 0 Å². The quantitative estimate of drug-likeness (QED) is 0.378. The molecule has 3 aromatic rings. The van der Waals surface area contributed by atoms with Crippen LogP contribution in [0.3, 0.4) is 0 Å². The Hall–Kier alpha value is -3.27. The molecule has 1 atom stereocenters. The number of carbonyl (C=O) groups is 2. The SMILES string of the molecule is CNC(=O)C(C)N(Cc1cccc(Cl)c1)C(=O)CN(c1ccc(OC)c(Cl)c1)S(=O)(=O)c1ccc(C)cc1. The number of rotatable bonds is 10. The molecule has 0 saturated heterocycles. The molecule has 0 aromatic heterocycles. The van der Waals surface area contributed by atoms with Gasteiger partial charge in [0.25, 0.3) is 10.0 Å². The van der Waals surface area contributed by atoms with Crippen LogP contribution in [0, 0.1) is 6.92 Å². The van der Waals surface area contributed by atoms with Crippen LogP contribution >= 0.6 is 23.2 Å². The highest BCUT2D eigenvalue weighted by Crippen LogP contribution is 2.32. The second kappa shape index (κ2) is 12.5. The molecule has 0 spiro atoms. The maximum absolute atomic E-state index is 13.8. The number of hydrogen-bond acceptors (Lipinski definition) is 5. The Kier molecular flexibility index (Phi) is 9.65. The van der Waals surface area contributed by atoms with E-state index in [0.29, 0.717) is 16.3 Å². The molecule has 3 rings (SSSR count). The number of anilines is 1. The molecule has 38 heavy (non-hydrogen) atoms. The van der Waals surface area contributed by atoms with E-state index in [1.165, 1.54) is 49.4 Å². The summed E-state index contributed by atoms with van der Waals surface area (Å²) in [5.41, 5.74) is 1.73. The number of sulfonamides is 1. The predicted molar refractivity (Wildman–Crippen MR) is 149 cm³/mol. The Bertz CT molecular complexity index is 1410. The molecule has 0 bridgehead atoms. The molecule has 0 aliphatic carbocycles. The molecule has 0 fully saturated rings. The number of aryl methyl sites for hydroxylation is 1. The van der Waals surface area contributed by atoms with Gasteiger partial charge in [-0.15, -0.1) is 0 Å². The van der Waals surface area contributed by atoms with Gasteiger partial charge in [-0.05, 0) is 61.9 Å². The number of likely N-dealkylation sites (N-methyl/N-ethyl adjacent to an activating group) is 1. The Balaban J connectivity index is 2.07. The number of halogens is 2. The van der Waals surface area contributed by atoms with E-state index in [2.05, 4.69) is 5.32 Å². The molecule has 0 heterocycles. The van der Waals surface area contributed by atoms with Crippen molar-refractivity contribution < 1.29 is 22.7 Å². The van der Waals surface area contributed by atoms with Gasteiger partial charge in [-0.25, -0.2) is 8.42 Å². The van der Waals surface area contributed by atoms with Gasteiger partial charge >= 0.3 is 0 Å². The summed E-state index contributed by atoms with van der Waals surface area (Å²) < 4.78 is 33.8. The molecule has 2 amide bonds. The molecule has 11 heteroatoms. The standard InChI is InChI=1S/C27H29Cl2N3O5S/c1-18-8-11-23(12-9-18)38(35,36)32(22-10-13-25(37-4)24(29)15-22)17-26(33)31(19(2)27(34)30-3)16-20-6-5-7-21(28)14-20/h5-15,19H,16-17H2,1-4H3,(H,30,34). The fraction of sp³-hybridized carbons (Fsp3) is 0.259. The maximum Gasteiger partial charge on any atom is 0.264 e. The van der Waals surface area contributed by atoms with Crippen LogP contribution < -0.4 is 14.4 Å². The molecule has 0 saturated carbocycles. The van der Waals surface area contributed by atoms with Gasteiger partial charge in [0.05, 0.1) is 22.7 Å². The third kappa shape index (κ3) is 6.78. The average Bonchev–Trinajstić information content (AvgIpc) is 2.89. The molecular weight excluding hydrogens is 549 g/mol. The van der Waals surface area contributed by atoms with E-state index in [1.807, 2.05) is 6.92 Å². The van der Waals surface area contributed by atoms with Crippen LogP contribution in [0.5, 0.6) is 5.75 Å². The number of hydrogen-bond donors (Lipinski definition) is 1. The van der Waals surface area contributed by atoms with Crippen molar-refractivity contribution in [2.24, 2.45) is 0 Å². The number of methoxy groups -OCH3 is 1. The normalized spacial score (nSPS) is 11.9. The van der Waals surface area contributed by atoms with Crippen molar-refractivity contribution in [3.8, 4) is 5.75 Å². The molecule has 8 nitrogen and oxygen atoms in total. The summed E-state index contributed by atoms with van der Waals surface area (Å²) in [7, 11) is -1.29. The van der Waals surface area contributed by atoms with Gasteiger partial charge in [-0.3, -0.25) is 13.9 Å². The predicted octanol–water partition coefficient (Wildman–Crippen LogP) is 4.67. The van der Waals surface area contributed by atoms with Crippen molar-refractivity contribution in [3.05, 3.63) is 87.9 Å². The summed E-state index contributed by atoms with van der Waals surface area (Å²) in [6, 6.07) is 16.7. The summed E-state index contributed by atoms with van der Waals surface area (Å²) in [4.78, 5) is 27.6. The highest BCUT2D eigenvalue weighted by atomic mass is 35.5. The molecule has 0 aliphatic heterocycles. The minimum absolute atomic E-state index is 0.00332. The third-order valence-corrected chi connectivity index (χ3v) is 8.29. The number of ether oxygens (including phenoxy) is 1. The van der Waals surface area contributed by atoms with Crippen molar-refractivity contribution in [2.75, 3.05) is 25.0 Å². The summed E-state index contributed by atoms with van der Waals surface area (Å²) >= 11 is 12.4. The van der Waals surface area contributed by atoms with Crippen molar-refractivity contribution in [1.29, 1.82) is 0 Å². The van der Waals surface area contributed by atoms with Gasteiger partial charge < -0.3 is 15.0 Å². The van der Waals surface area contributed by atoms with Crippen LogP contribution in [0.4, 0.5) is 5.69 Å². The molecule has 1 N–H and O–H groups in total. The highest BCUT2D eigenvalue weighted by Gasteiger charge is 2.32. The molecule has 0 aliphatic rings. The van der Waals surface area contributed by atoms with Gasteiger partial charge in [0, 0.05) is 18.6 Å². The highest BCUT2D eigenvalue weighted by molar-refractivity contribution is 7.92. The Morgan fingerprint density at radius 1 is 1.03 bits per heavy atom. The second-order valence-electron chi connectivity index (χ2n) is 8.59. The first-order valence-corrected chi connectivity index (χ1v) is 13.9. The second-order valence-corrected chi connectivity index (χ2v) is 11.3. The topological polar surface area (TPSA) is 96.0 Å². The number of nitrogens with zero attached hydrogens (tertiary/aromatic N) is 2. The van der Waals surface area contributed by atoms with Gasteiger partial charge in [0.2, 0.25) is 11.8 Å². The Morgan fingerprint density at radius 2 is 1.71 bits per heavy atom. The van der Waals surface area contributed by atoms with E-state index in [0.717, 1.165) is 9.87 Å². The largest absolute Gasteiger partial charge is 0.495 e. The average molecular weight is 579 g/mol. The van der Waals surface area contributed by atoms with Crippen LogP contribution in [0.2, 0.25) is 10.0 Å². The number of carbonyl (C=O) groups excluding carboxylic acids is 2. The van der Waals surface area contributed by atoms with E-state index in [-0.39, 0.29) is 22.2 Å². The third-order valence-electron chi connectivity index (χ3n) is 5.97. The van der Waals surface area contributed by atoms with Gasteiger partial charge in [-0.2, -0.15) is 0 Å². The smallest absolute Gasteiger partial charge is 0.264 e. The lowest BCUT2D eigenvalue weighted by molar-refractivity contribution is -0.139. The lowest BCUT2D eigenvalue weighted by Gasteiger charge is -2.32. The zero-order valence-corrected chi connectivity index (χ0v) is 23.8. The number of benzene rings is 3. The van der Waals surface area contributed by atoms with Gasteiger partial charge in [-0.1, -0.05) is 53.0 Å².